The highest BCUT2D eigenvalue weighted by molar-refractivity contribution is 7.14. The van der Waals surface area contributed by atoms with E-state index in [1.54, 1.807) is 16.2 Å². The van der Waals surface area contributed by atoms with Gasteiger partial charge in [0.2, 0.25) is 11.8 Å². The minimum atomic E-state index is -0.184. The van der Waals surface area contributed by atoms with Gasteiger partial charge in [-0.3, -0.25) is 9.59 Å². The van der Waals surface area contributed by atoms with Gasteiger partial charge in [-0.25, -0.2) is 4.98 Å². The lowest BCUT2D eigenvalue weighted by Crippen LogP contribution is -2.41. The third-order valence-electron chi connectivity index (χ3n) is 6.16. The third-order valence-corrected chi connectivity index (χ3v) is 7.16. The molecule has 0 atom stereocenters. The van der Waals surface area contributed by atoms with E-state index in [9.17, 15) is 9.59 Å². The first-order chi connectivity index (χ1) is 16.5. The number of carbonyl (C=O) groups is 2. The van der Waals surface area contributed by atoms with Crippen molar-refractivity contribution in [2.45, 2.75) is 38.6 Å². The molecule has 1 heterocycles. The smallest absolute Gasteiger partial charge is 0.244 e. The summed E-state index contributed by atoms with van der Waals surface area (Å²) in [6, 6.07) is 17.6. The van der Waals surface area contributed by atoms with Gasteiger partial charge >= 0.3 is 0 Å². The number of carbonyl (C=O) groups excluding carboxylic acids is 2. The Bertz CT molecular complexity index is 1090. The first kappa shape index (κ1) is 24.0. The van der Waals surface area contributed by atoms with Gasteiger partial charge in [-0.1, -0.05) is 61.7 Å². The van der Waals surface area contributed by atoms with Gasteiger partial charge in [-0.15, -0.1) is 11.3 Å². The van der Waals surface area contributed by atoms with Crippen LogP contribution in [0.4, 0.5) is 10.8 Å². The highest BCUT2D eigenvalue weighted by Gasteiger charge is 2.27. The Hall–Kier alpha value is -3.19. The Labute approximate surface area is 205 Å². The van der Waals surface area contributed by atoms with E-state index in [-0.39, 0.29) is 24.3 Å². The van der Waals surface area contributed by atoms with E-state index >= 15 is 0 Å². The third kappa shape index (κ3) is 6.23. The van der Waals surface area contributed by atoms with Gasteiger partial charge < -0.3 is 15.1 Å². The summed E-state index contributed by atoms with van der Waals surface area (Å²) in [7, 11) is 3.95. The van der Waals surface area contributed by atoms with Crippen LogP contribution in [0.25, 0.3) is 11.3 Å². The Morgan fingerprint density at radius 1 is 1.00 bits per heavy atom. The van der Waals surface area contributed by atoms with Crippen molar-refractivity contribution < 1.29 is 9.59 Å². The minimum absolute atomic E-state index is 0.0229. The molecule has 1 aliphatic carbocycles. The van der Waals surface area contributed by atoms with E-state index in [0.717, 1.165) is 47.6 Å². The highest BCUT2D eigenvalue weighted by Crippen LogP contribution is 2.28. The van der Waals surface area contributed by atoms with Crippen molar-refractivity contribution >= 4 is 34.0 Å². The lowest BCUT2D eigenvalue weighted by molar-refractivity contribution is -0.139. The van der Waals surface area contributed by atoms with Crippen molar-refractivity contribution in [3.05, 3.63) is 65.5 Å². The first-order valence-electron chi connectivity index (χ1n) is 11.9. The molecule has 6 nitrogen and oxygen atoms in total. The molecule has 3 aromatic rings. The molecule has 1 fully saturated rings. The molecule has 0 bridgehead atoms. The number of nitrogens with zero attached hydrogens (tertiary/aromatic N) is 3. The van der Waals surface area contributed by atoms with Crippen LogP contribution in [0.5, 0.6) is 0 Å². The molecule has 0 unspecified atom stereocenters. The van der Waals surface area contributed by atoms with Crippen LogP contribution in [0.3, 0.4) is 0 Å². The summed E-state index contributed by atoms with van der Waals surface area (Å²) in [4.78, 5) is 34.5. The number of nitrogens with one attached hydrogen (secondary N) is 1. The van der Waals surface area contributed by atoms with E-state index < -0.39 is 0 Å². The van der Waals surface area contributed by atoms with E-state index in [0.29, 0.717) is 12.2 Å². The van der Waals surface area contributed by atoms with Gasteiger partial charge in [-0.2, -0.15) is 0 Å². The molecule has 178 valence electrons. The lowest BCUT2D eigenvalue weighted by atomic mass is 9.88. The summed E-state index contributed by atoms with van der Waals surface area (Å²) in [6.07, 6.45) is 5.20. The molecular formula is C27H32N4O2S. The summed E-state index contributed by atoms with van der Waals surface area (Å²) in [5.41, 5.74) is 3.66. The second-order valence-electron chi connectivity index (χ2n) is 9.05. The Balaban J connectivity index is 1.41. The Kier molecular flexibility index (Phi) is 7.95. The standard InChI is InChI=1S/C27H32N4O2S/c1-30(2)27-29-24(19-34-27)21-13-15-23(16-14-21)28-25(32)18-31(17-20-9-5-3-6-10-20)26(33)22-11-7-4-8-12-22/h3,5-6,9-10,13-16,19,22H,4,7-8,11-12,17-18H2,1-2H3,(H,28,32). The number of thiazole rings is 1. The molecule has 34 heavy (non-hydrogen) atoms. The Morgan fingerprint density at radius 3 is 2.35 bits per heavy atom. The minimum Gasteiger partial charge on any atom is -0.354 e. The molecule has 7 heteroatoms. The predicted molar refractivity (Wildman–Crippen MR) is 139 cm³/mol. The van der Waals surface area contributed by atoms with Gasteiger partial charge in [0.05, 0.1) is 5.69 Å². The topological polar surface area (TPSA) is 65.5 Å². The van der Waals surface area contributed by atoms with Gasteiger partial charge in [0.1, 0.15) is 6.54 Å². The largest absolute Gasteiger partial charge is 0.354 e. The monoisotopic (exact) mass is 476 g/mol. The summed E-state index contributed by atoms with van der Waals surface area (Å²) >= 11 is 1.60. The van der Waals surface area contributed by atoms with Crippen molar-refractivity contribution in [2.24, 2.45) is 5.92 Å². The van der Waals surface area contributed by atoms with Crippen molar-refractivity contribution in [2.75, 3.05) is 30.9 Å². The lowest BCUT2D eigenvalue weighted by Gasteiger charge is -2.29. The summed E-state index contributed by atoms with van der Waals surface area (Å²) < 4.78 is 0. The van der Waals surface area contributed by atoms with Crippen molar-refractivity contribution in [1.82, 2.24) is 9.88 Å². The molecule has 1 saturated carbocycles. The maximum absolute atomic E-state index is 13.3. The van der Waals surface area contributed by atoms with Crippen LogP contribution in [-0.2, 0) is 16.1 Å². The SMILES string of the molecule is CN(C)c1nc(-c2ccc(NC(=O)CN(Cc3ccccc3)C(=O)C3CCCCC3)cc2)cs1. The summed E-state index contributed by atoms with van der Waals surface area (Å²) in [5, 5.41) is 5.94. The second-order valence-corrected chi connectivity index (χ2v) is 9.89. The average Bonchev–Trinajstić information content (AvgIpc) is 3.36. The van der Waals surface area contributed by atoms with Crippen molar-refractivity contribution in [1.29, 1.82) is 0 Å². The fourth-order valence-electron chi connectivity index (χ4n) is 4.32. The van der Waals surface area contributed by atoms with Crippen LogP contribution < -0.4 is 10.2 Å². The van der Waals surface area contributed by atoms with Crippen LogP contribution in [0.1, 0.15) is 37.7 Å². The van der Waals surface area contributed by atoms with Crippen LogP contribution in [0.15, 0.2) is 60.0 Å². The number of aromatic nitrogens is 1. The quantitative estimate of drug-likeness (QED) is 0.471. The average molecular weight is 477 g/mol. The molecule has 1 aliphatic rings. The van der Waals surface area contributed by atoms with Crippen molar-refractivity contribution in [3.63, 3.8) is 0 Å². The molecule has 0 saturated heterocycles. The maximum atomic E-state index is 13.3. The second kappa shape index (κ2) is 11.3. The number of anilines is 2. The van der Waals surface area contributed by atoms with Crippen LogP contribution in [-0.4, -0.2) is 42.3 Å². The fraction of sp³-hybridized carbons (Fsp3) is 0.370. The number of hydrogen-bond acceptors (Lipinski definition) is 5. The normalized spacial score (nSPS) is 13.9. The zero-order chi connectivity index (χ0) is 23.9. The number of hydrogen-bond donors (Lipinski definition) is 1. The number of benzene rings is 2. The molecule has 0 spiro atoms. The molecule has 1 N–H and O–H groups in total. The zero-order valence-electron chi connectivity index (χ0n) is 19.9. The molecule has 1 aromatic heterocycles. The van der Waals surface area contributed by atoms with Gasteiger partial charge in [0.15, 0.2) is 5.13 Å². The number of rotatable bonds is 8. The molecule has 0 aliphatic heterocycles. The van der Waals surface area contributed by atoms with E-state index in [2.05, 4.69) is 10.3 Å². The zero-order valence-corrected chi connectivity index (χ0v) is 20.7. The Morgan fingerprint density at radius 2 is 1.71 bits per heavy atom. The summed E-state index contributed by atoms with van der Waals surface area (Å²) in [5.74, 6) is -0.0691. The molecular weight excluding hydrogens is 444 g/mol. The van der Waals surface area contributed by atoms with Gasteiger partial charge in [0.25, 0.3) is 0 Å². The van der Waals surface area contributed by atoms with Crippen LogP contribution >= 0.6 is 11.3 Å². The van der Waals surface area contributed by atoms with Crippen LogP contribution in [0, 0.1) is 5.92 Å². The maximum Gasteiger partial charge on any atom is 0.244 e. The van der Waals surface area contributed by atoms with Gasteiger partial charge in [0, 0.05) is 43.2 Å². The number of amides is 2. The van der Waals surface area contributed by atoms with E-state index in [4.69, 9.17) is 0 Å². The first-order valence-corrected chi connectivity index (χ1v) is 12.7. The molecule has 2 amide bonds. The molecule has 0 radical (unpaired) electrons. The van der Waals surface area contributed by atoms with Gasteiger partial charge in [-0.05, 0) is 30.5 Å². The molecule has 4 rings (SSSR count). The highest BCUT2D eigenvalue weighted by atomic mass is 32.1. The molecule has 2 aromatic carbocycles. The van der Waals surface area contributed by atoms with E-state index in [1.807, 2.05) is 79.0 Å². The van der Waals surface area contributed by atoms with E-state index in [1.165, 1.54) is 6.42 Å². The summed E-state index contributed by atoms with van der Waals surface area (Å²) in [6.45, 7) is 0.491. The van der Waals surface area contributed by atoms with Crippen LogP contribution in [0.2, 0.25) is 0 Å². The fourth-order valence-corrected chi connectivity index (χ4v) is 5.09. The van der Waals surface area contributed by atoms with Crippen molar-refractivity contribution in [3.8, 4) is 11.3 Å². The predicted octanol–water partition coefficient (Wildman–Crippen LogP) is 5.42.